The summed E-state index contributed by atoms with van der Waals surface area (Å²) in [6.45, 7) is 3.53. The van der Waals surface area contributed by atoms with Gasteiger partial charge in [0.25, 0.3) is 5.69 Å². The maximum absolute atomic E-state index is 10.5. The SMILES string of the molecule is Cc1cc(C)c([N+](=O)[O-])c(Cl)c1. The molecule has 64 valence electrons. The zero-order valence-corrected chi connectivity index (χ0v) is 7.55. The van der Waals surface area contributed by atoms with E-state index in [2.05, 4.69) is 0 Å². The van der Waals surface area contributed by atoms with Gasteiger partial charge in [0.1, 0.15) is 5.02 Å². The molecule has 0 N–H and O–H groups in total. The minimum absolute atomic E-state index is 0.00210. The lowest BCUT2D eigenvalue weighted by Gasteiger charge is -2.00. The second-order valence-electron chi connectivity index (χ2n) is 2.67. The Morgan fingerprint density at radius 1 is 1.42 bits per heavy atom. The van der Waals surface area contributed by atoms with Gasteiger partial charge in [-0.1, -0.05) is 11.6 Å². The smallest absolute Gasteiger partial charge is 0.258 e. The maximum atomic E-state index is 10.5. The zero-order chi connectivity index (χ0) is 9.30. The molecule has 0 unspecified atom stereocenters. The van der Waals surface area contributed by atoms with E-state index in [-0.39, 0.29) is 10.7 Å². The van der Waals surface area contributed by atoms with E-state index in [1.807, 2.05) is 6.92 Å². The van der Waals surface area contributed by atoms with Gasteiger partial charge in [-0.2, -0.15) is 0 Å². The Labute approximate surface area is 75.1 Å². The average molecular weight is 186 g/mol. The Hall–Kier alpha value is -1.09. The number of halogens is 1. The van der Waals surface area contributed by atoms with Crippen molar-refractivity contribution in [1.29, 1.82) is 0 Å². The molecule has 0 bridgehead atoms. The van der Waals surface area contributed by atoms with Crippen molar-refractivity contribution in [3.05, 3.63) is 38.4 Å². The third kappa shape index (κ3) is 1.56. The number of benzene rings is 1. The van der Waals surface area contributed by atoms with Crippen molar-refractivity contribution in [2.24, 2.45) is 0 Å². The highest BCUT2D eigenvalue weighted by Crippen LogP contribution is 2.28. The lowest BCUT2D eigenvalue weighted by Crippen LogP contribution is -1.93. The largest absolute Gasteiger partial charge is 0.290 e. The van der Waals surface area contributed by atoms with Crippen LogP contribution < -0.4 is 0 Å². The fourth-order valence-corrected chi connectivity index (χ4v) is 1.53. The summed E-state index contributed by atoms with van der Waals surface area (Å²) < 4.78 is 0. The molecule has 1 aromatic carbocycles. The molecule has 0 aromatic heterocycles. The highest BCUT2D eigenvalue weighted by atomic mass is 35.5. The third-order valence-corrected chi connectivity index (χ3v) is 1.87. The van der Waals surface area contributed by atoms with Crippen LogP contribution in [0.3, 0.4) is 0 Å². The Morgan fingerprint density at radius 2 is 2.00 bits per heavy atom. The van der Waals surface area contributed by atoms with Gasteiger partial charge < -0.3 is 0 Å². The van der Waals surface area contributed by atoms with Gasteiger partial charge in [0.15, 0.2) is 0 Å². The predicted octanol–water partition coefficient (Wildman–Crippen LogP) is 2.87. The molecule has 0 saturated heterocycles. The van der Waals surface area contributed by atoms with Gasteiger partial charge in [-0.15, -0.1) is 0 Å². The maximum Gasteiger partial charge on any atom is 0.290 e. The van der Waals surface area contributed by atoms with E-state index in [0.717, 1.165) is 5.56 Å². The molecule has 0 spiro atoms. The van der Waals surface area contributed by atoms with E-state index in [1.165, 1.54) is 0 Å². The van der Waals surface area contributed by atoms with Gasteiger partial charge in [0.05, 0.1) is 4.92 Å². The second kappa shape index (κ2) is 3.11. The molecule has 0 saturated carbocycles. The first-order valence-corrected chi connectivity index (χ1v) is 3.81. The molecular weight excluding hydrogens is 178 g/mol. The van der Waals surface area contributed by atoms with Crippen LogP contribution >= 0.6 is 11.6 Å². The summed E-state index contributed by atoms with van der Waals surface area (Å²) in [5.41, 5.74) is 1.54. The Morgan fingerprint density at radius 3 is 2.42 bits per heavy atom. The van der Waals surface area contributed by atoms with Crippen molar-refractivity contribution in [3.8, 4) is 0 Å². The molecule has 0 radical (unpaired) electrons. The van der Waals surface area contributed by atoms with Gasteiger partial charge in [0, 0.05) is 5.56 Å². The van der Waals surface area contributed by atoms with E-state index in [1.54, 1.807) is 19.1 Å². The Kier molecular flexibility index (Phi) is 2.33. The van der Waals surface area contributed by atoms with Crippen molar-refractivity contribution < 1.29 is 4.92 Å². The summed E-state index contributed by atoms with van der Waals surface area (Å²) >= 11 is 5.69. The summed E-state index contributed by atoms with van der Waals surface area (Å²) in [5.74, 6) is 0. The van der Waals surface area contributed by atoms with E-state index in [4.69, 9.17) is 11.6 Å². The van der Waals surface area contributed by atoms with Crippen molar-refractivity contribution >= 4 is 17.3 Å². The lowest BCUT2D eigenvalue weighted by atomic mass is 10.1. The van der Waals surface area contributed by atoms with Crippen molar-refractivity contribution in [1.82, 2.24) is 0 Å². The van der Waals surface area contributed by atoms with Crippen LogP contribution in [0.1, 0.15) is 11.1 Å². The van der Waals surface area contributed by atoms with Crippen LogP contribution in [0.25, 0.3) is 0 Å². The summed E-state index contributed by atoms with van der Waals surface area (Å²) in [4.78, 5) is 10.0. The number of rotatable bonds is 1. The summed E-state index contributed by atoms with van der Waals surface area (Å²) in [6.07, 6.45) is 0. The number of nitrogens with zero attached hydrogens (tertiary/aromatic N) is 1. The molecule has 0 atom stereocenters. The Balaban J connectivity index is 3.38. The van der Waals surface area contributed by atoms with Crippen LogP contribution in [0.5, 0.6) is 0 Å². The van der Waals surface area contributed by atoms with E-state index in [0.29, 0.717) is 5.56 Å². The number of aryl methyl sites for hydroxylation is 2. The zero-order valence-electron chi connectivity index (χ0n) is 6.80. The lowest BCUT2D eigenvalue weighted by molar-refractivity contribution is -0.385. The molecule has 12 heavy (non-hydrogen) atoms. The third-order valence-electron chi connectivity index (χ3n) is 1.58. The fraction of sp³-hybridized carbons (Fsp3) is 0.250. The van der Waals surface area contributed by atoms with Crippen LogP contribution in [0.2, 0.25) is 5.02 Å². The predicted molar refractivity (Wildman–Crippen MR) is 47.6 cm³/mol. The molecule has 0 amide bonds. The molecule has 4 heteroatoms. The highest BCUT2D eigenvalue weighted by Gasteiger charge is 2.15. The van der Waals surface area contributed by atoms with Gasteiger partial charge in [0.2, 0.25) is 0 Å². The standard InChI is InChI=1S/C8H8ClNO2/c1-5-3-6(2)8(10(11)12)7(9)4-5/h3-4H,1-2H3. The first kappa shape index (κ1) is 9.00. The van der Waals surface area contributed by atoms with Crippen molar-refractivity contribution in [2.75, 3.05) is 0 Å². The molecule has 0 aliphatic carbocycles. The summed E-state index contributed by atoms with van der Waals surface area (Å²) in [5, 5.41) is 10.7. The molecule has 0 aliphatic heterocycles. The van der Waals surface area contributed by atoms with Crippen LogP contribution in [-0.4, -0.2) is 4.92 Å². The summed E-state index contributed by atoms with van der Waals surface area (Å²) in [7, 11) is 0. The van der Waals surface area contributed by atoms with E-state index >= 15 is 0 Å². The number of hydrogen-bond acceptors (Lipinski definition) is 2. The van der Waals surface area contributed by atoms with E-state index in [9.17, 15) is 10.1 Å². The van der Waals surface area contributed by atoms with Crippen LogP contribution in [0, 0.1) is 24.0 Å². The number of nitro benzene ring substituents is 1. The monoisotopic (exact) mass is 185 g/mol. The highest BCUT2D eigenvalue weighted by molar-refractivity contribution is 6.32. The van der Waals surface area contributed by atoms with Crippen LogP contribution in [0.4, 0.5) is 5.69 Å². The van der Waals surface area contributed by atoms with Crippen LogP contribution in [0.15, 0.2) is 12.1 Å². The normalized spacial score (nSPS) is 9.92. The molecular formula is C8H8ClNO2. The fourth-order valence-electron chi connectivity index (χ4n) is 1.14. The average Bonchev–Trinajstić information content (AvgIpc) is 1.82. The molecule has 3 nitrogen and oxygen atoms in total. The molecule has 0 aliphatic rings. The van der Waals surface area contributed by atoms with Gasteiger partial charge in [-0.25, -0.2) is 0 Å². The summed E-state index contributed by atoms with van der Waals surface area (Å²) in [6, 6.07) is 3.33. The minimum atomic E-state index is -0.461. The van der Waals surface area contributed by atoms with Gasteiger partial charge >= 0.3 is 0 Å². The topological polar surface area (TPSA) is 43.1 Å². The van der Waals surface area contributed by atoms with Gasteiger partial charge in [-0.3, -0.25) is 10.1 Å². The molecule has 0 fully saturated rings. The van der Waals surface area contributed by atoms with Crippen LogP contribution in [-0.2, 0) is 0 Å². The quantitative estimate of drug-likeness (QED) is 0.499. The molecule has 1 rings (SSSR count). The first-order chi connectivity index (χ1) is 5.52. The van der Waals surface area contributed by atoms with Gasteiger partial charge in [-0.05, 0) is 31.5 Å². The van der Waals surface area contributed by atoms with E-state index < -0.39 is 4.92 Å². The number of nitro groups is 1. The molecule has 1 aromatic rings. The van der Waals surface area contributed by atoms with Crippen molar-refractivity contribution in [3.63, 3.8) is 0 Å². The second-order valence-corrected chi connectivity index (χ2v) is 3.08. The first-order valence-electron chi connectivity index (χ1n) is 3.43. The molecule has 0 heterocycles. The Bertz CT molecular complexity index is 313. The number of hydrogen-bond donors (Lipinski definition) is 0. The minimum Gasteiger partial charge on any atom is -0.258 e. The van der Waals surface area contributed by atoms with Crippen molar-refractivity contribution in [2.45, 2.75) is 13.8 Å².